The van der Waals surface area contributed by atoms with Gasteiger partial charge in [-0.1, -0.05) is 29.8 Å². The Balaban J connectivity index is 2.37. The third-order valence-electron chi connectivity index (χ3n) is 2.50. The molecule has 0 N–H and O–H groups in total. The first-order chi connectivity index (χ1) is 9.61. The summed E-state index contributed by atoms with van der Waals surface area (Å²) >= 11 is 0. The van der Waals surface area contributed by atoms with Gasteiger partial charge in [-0.2, -0.15) is 0 Å². The molecule has 0 spiro atoms. The number of aromatic nitrogens is 2. The number of benzene rings is 1. The summed E-state index contributed by atoms with van der Waals surface area (Å²) < 4.78 is 9.20. The molecule has 0 aliphatic rings. The molecule has 1 heterocycles. The van der Waals surface area contributed by atoms with Gasteiger partial charge in [-0.15, -0.1) is 0 Å². The highest BCUT2D eigenvalue weighted by Gasteiger charge is 2.19. The molecule has 6 heteroatoms. The number of ether oxygens (including phenoxy) is 1. The van der Waals surface area contributed by atoms with Crippen molar-refractivity contribution in [2.75, 3.05) is 6.61 Å². The van der Waals surface area contributed by atoms with Gasteiger partial charge in [0.15, 0.2) is 0 Å². The highest BCUT2D eigenvalue weighted by Crippen LogP contribution is 2.18. The predicted molar refractivity (Wildman–Crippen MR) is 69.1 cm³/mol. The fourth-order valence-corrected chi connectivity index (χ4v) is 1.56. The fourth-order valence-electron chi connectivity index (χ4n) is 1.56. The second-order valence-corrected chi connectivity index (χ2v) is 3.96. The molecule has 0 bridgehead atoms. The molecule has 1 aromatic heterocycles. The van der Waals surface area contributed by atoms with Crippen molar-refractivity contribution in [1.29, 1.82) is 0 Å². The largest absolute Gasteiger partial charge is 0.456 e. The Morgan fingerprint density at radius 2 is 2.15 bits per heavy atom. The summed E-state index contributed by atoms with van der Waals surface area (Å²) in [4.78, 5) is 11.4. The molecule has 102 valence electrons. The van der Waals surface area contributed by atoms with E-state index in [-0.39, 0.29) is 22.9 Å². The maximum absolute atomic E-state index is 11.6. The van der Waals surface area contributed by atoms with Crippen molar-refractivity contribution < 1.29 is 19.1 Å². The summed E-state index contributed by atoms with van der Waals surface area (Å²) in [6.07, 6.45) is 0. The zero-order valence-corrected chi connectivity index (χ0v) is 11.0. The van der Waals surface area contributed by atoms with Crippen LogP contribution in [0, 0.1) is 24.0 Å². The van der Waals surface area contributed by atoms with Gasteiger partial charge >= 0.3 is 5.97 Å². The van der Waals surface area contributed by atoms with Gasteiger partial charge in [0, 0.05) is 11.5 Å². The Morgan fingerprint density at radius 3 is 2.80 bits per heavy atom. The number of nitrogens with zero attached hydrogens (tertiary/aromatic N) is 2. The van der Waals surface area contributed by atoms with Gasteiger partial charge in [-0.05, 0) is 24.7 Å². The summed E-state index contributed by atoms with van der Waals surface area (Å²) in [7, 11) is 0. The van der Waals surface area contributed by atoms with Gasteiger partial charge in [-0.3, -0.25) is 4.63 Å². The minimum Gasteiger partial charge on any atom is -0.456 e. The van der Waals surface area contributed by atoms with Crippen LogP contribution >= 0.6 is 0 Å². The van der Waals surface area contributed by atoms with Crippen molar-refractivity contribution in [3.8, 4) is 23.1 Å². The maximum atomic E-state index is 11.6. The molecule has 0 saturated heterocycles. The second kappa shape index (κ2) is 5.89. The van der Waals surface area contributed by atoms with Crippen LogP contribution in [0.2, 0.25) is 0 Å². The smallest absolute Gasteiger partial charge is 0.384 e. The van der Waals surface area contributed by atoms with Crippen LogP contribution in [-0.2, 0) is 9.53 Å². The van der Waals surface area contributed by atoms with E-state index >= 15 is 0 Å². The zero-order valence-electron chi connectivity index (χ0n) is 11.0. The lowest BCUT2D eigenvalue weighted by Crippen LogP contribution is -2.25. The Labute approximate surface area is 115 Å². The topological polar surface area (TPSA) is 79.3 Å². The summed E-state index contributed by atoms with van der Waals surface area (Å²) in [5.41, 5.74) is 1.93. The van der Waals surface area contributed by atoms with Crippen molar-refractivity contribution in [3.63, 3.8) is 0 Å². The van der Waals surface area contributed by atoms with E-state index in [0.29, 0.717) is 5.56 Å². The quantitative estimate of drug-likeness (QED) is 0.466. The van der Waals surface area contributed by atoms with E-state index in [1.54, 1.807) is 19.1 Å². The van der Waals surface area contributed by atoms with Crippen molar-refractivity contribution in [3.05, 3.63) is 40.7 Å². The van der Waals surface area contributed by atoms with Crippen LogP contribution in [-0.4, -0.2) is 17.7 Å². The summed E-state index contributed by atoms with van der Waals surface area (Å²) in [6, 6.07) is 7.22. The Kier molecular flexibility index (Phi) is 4.01. The number of esters is 1. The van der Waals surface area contributed by atoms with Crippen molar-refractivity contribution >= 4 is 5.97 Å². The van der Waals surface area contributed by atoms with E-state index in [0.717, 1.165) is 5.56 Å². The van der Waals surface area contributed by atoms with Crippen LogP contribution in [0.5, 0.6) is 0 Å². The first kappa shape index (κ1) is 13.6. The number of aryl methyl sites for hydroxylation is 1. The highest BCUT2D eigenvalue weighted by molar-refractivity contribution is 5.89. The number of rotatable bonds is 2. The number of hydrogen-bond acceptors (Lipinski definition) is 5. The zero-order chi connectivity index (χ0) is 14.5. The standard InChI is InChI=1S/C14H12N2O4/c1-3-19-13(17)9-8-12-14(16(18)20-15-12)11-6-4-10(2)5-7-11/h4-7H,3H2,1-2H3. The van der Waals surface area contributed by atoms with Gasteiger partial charge < -0.3 is 9.94 Å². The van der Waals surface area contributed by atoms with Crippen molar-refractivity contribution in [2.45, 2.75) is 13.8 Å². The van der Waals surface area contributed by atoms with Gasteiger partial charge in [0.05, 0.1) is 11.8 Å². The summed E-state index contributed by atoms with van der Waals surface area (Å²) in [5, 5.41) is 15.1. The third kappa shape index (κ3) is 2.95. The lowest BCUT2D eigenvalue weighted by molar-refractivity contribution is -0.793. The van der Waals surface area contributed by atoms with Crippen molar-refractivity contribution in [2.24, 2.45) is 0 Å². The molecule has 0 radical (unpaired) electrons. The second-order valence-electron chi connectivity index (χ2n) is 3.96. The minimum atomic E-state index is -0.678. The Morgan fingerprint density at radius 1 is 1.45 bits per heavy atom. The molecule has 2 rings (SSSR count). The molecular weight excluding hydrogens is 260 g/mol. The van der Waals surface area contributed by atoms with Crippen LogP contribution in [0.15, 0.2) is 28.9 Å². The van der Waals surface area contributed by atoms with E-state index in [1.807, 2.05) is 19.1 Å². The monoisotopic (exact) mass is 272 g/mol. The normalized spacial score (nSPS) is 9.70. The van der Waals surface area contributed by atoms with Gasteiger partial charge in [0.1, 0.15) is 0 Å². The van der Waals surface area contributed by atoms with Crippen LogP contribution in [0.25, 0.3) is 11.3 Å². The molecule has 0 unspecified atom stereocenters. The molecule has 0 aliphatic carbocycles. The van der Waals surface area contributed by atoms with Crippen LogP contribution in [0.4, 0.5) is 0 Å². The maximum Gasteiger partial charge on any atom is 0.384 e. The average Bonchev–Trinajstić information content (AvgIpc) is 2.79. The van der Waals surface area contributed by atoms with Gasteiger partial charge in [0.2, 0.25) is 5.69 Å². The first-order valence-corrected chi connectivity index (χ1v) is 5.97. The molecule has 2 aromatic rings. The number of carbonyl (C=O) groups excluding carboxylic acids is 1. The molecule has 0 aliphatic heterocycles. The van der Waals surface area contributed by atoms with E-state index in [1.165, 1.54) is 0 Å². The van der Waals surface area contributed by atoms with Crippen molar-refractivity contribution in [1.82, 2.24) is 5.16 Å². The molecule has 0 saturated carbocycles. The third-order valence-corrected chi connectivity index (χ3v) is 2.50. The average molecular weight is 272 g/mol. The summed E-state index contributed by atoms with van der Waals surface area (Å²) in [6.45, 7) is 3.85. The lowest BCUT2D eigenvalue weighted by Gasteiger charge is -1.97. The molecule has 1 aromatic carbocycles. The fraction of sp³-hybridized carbons (Fsp3) is 0.214. The highest BCUT2D eigenvalue weighted by atomic mass is 16.8. The Bertz CT molecular complexity index is 677. The lowest BCUT2D eigenvalue weighted by atomic mass is 10.1. The van der Waals surface area contributed by atoms with Gasteiger partial charge in [-0.25, -0.2) is 4.79 Å². The van der Waals surface area contributed by atoms with E-state index in [9.17, 15) is 10.0 Å². The van der Waals surface area contributed by atoms with E-state index in [4.69, 9.17) is 0 Å². The van der Waals surface area contributed by atoms with Crippen LogP contribution < -0.4 is 4.90 Å². The Hall–Kier alpha value is -2.81. The number of hydrogen-bond donors (Lipinski definition) is 0. The minimum absolute atomic E-state index is 0.0944. The van der Waals surface area contributed by atoms with Gasteiger partial charge in [0.25, 0.3) is 5.69 Å². The van der Waals surface area contributed by atoms with E-state index < -0.39 is 5.97 Å². The number of carbonyl (C=O) groups is 1. The SMILES string of the molecule is CCOC(=O)C#Cc1no[n+]([O-])c1-c1ccc(C)cc1. The first-order valence-electron chi connectivity index (χ1n) is 5.97. The van der Waals surface area contributed by atoms with Crippen LogP contribution in [0.1, 0.15) is 18.2 Å². The molecule has 0 atom stereocenters. The van der Waals surface area contributed by atoms with Crippen LogP contribution in [0.3, 0.4) is 0 Å². The summed E-state index contributed by atoms with van der Waals surface area (Å²) in [5.74, 6) is 4.05. The van der Waals surface area contributed by atoms with E-state index in [2.05, 4.69) is 26.4 Å². The molecule has 20 heavy (non-hydrogen) atoms. The molecular formula is C14H12N2O4. The molecule has 0 amide bonds. The predicted octanol–water partition coefficient (Wildman–Crippen LogP) is 1.20. The molecule has 0 fully saturated rings. The molecule has 6 nitrogen and oxygen atoms in total.